The van der Waals surface area contributed by atoms with E-state index in [-0.39, 0.29) is 40.3 Å². The Hall–Kier alpha value is -6.89. The van der Waals surface area contributed by atoms with Crippen molar-refractivity contribution < 1.29 is 27.9 Å². The lowest BCUT2D eigenvalue weighted by Crippen LogP contribution is -2.14. The number of aliphatic hydroxyl groups excluding tert-OH is 1. The molecular formula is C36H25FN6O6. The molecule has 1 aliphatic carbocycles. The van der Waals surface area contributed by atoms with E-state index in [1.165, 1.54) is 24.5 Å². The maximum Gasteiger partial charge on any atom is 0.277 e. The summed E-state index contributed by atoms with van der Waals surface area (Å²) >= 11 is 0. The fraction of sp³-hybridized carbons (Fsp3) is 0.0556. The van der Waals surface area contributed by atoms with Crippen LogP contribution >= 0.6 is 0 Å². The fourth-order valence-corrected chi connectivity index (χ4v) is 4.94. The Balaban J connectivity index is 1.13. The van der Waals surface area contributed by atoms with Crippen molar-refractivity contribution in [2.45, 2.75) is 12.8 Å². The normalized spacial score (nSPS) is 12.8. The number of aromatic nitrogens is 3. The van der Waals surface area contributed by atoms with Crippen LogP contribution in [0.4, 0.5) is 21.8 Å². The Bertz CT molecular complexity index is 2280. The molecule has 49 heavy (non-hydrogen) atoms. The van der Waals surface area contributed by atoms with Gasteiger partial charge in [-0.25, -0.2) is 19.3 Å². The average Bonchev–Trinajstić information content (AvgIpc) is 3.80. The first-order chi connectivity index (χ1) is 23.9. The van der Waals surface area contributed by atoms with E-state index in [9.17, 15) is 14.8 Å². The lowest BCUT2D eigenvalue weighted by Gasteiger charge is -2.16. The summed E-state index contributed by atoms with van der Waals surface area (Å²) in [6.45, 7) is 0. The average molecular weight is 657 g/mol. The second kappa shape index (κ2) is 13.5. The number of oxazole rings is 1. The summed E-state index contributed by atoms with van der Waals surface area (Å²) in [7, 11) is 0. The highest BCUT2D eigenvalue weighted by atomic mass is 19.1. The second-order valence-electron chi connectivity index (χ2n) is 10.8. The number of nitroso groups, excluding NO2 is 1. The van der Waals surface area contributed by atoms with Crippen LogP contribution < -0.4 is 15.4 Å². The summed E-state index contributed by atoms with van der Waals surface area (Å²) in [4.78, 5) is 37.3. The zero-order valence-corrected chi connectivity index (χ0v) is 25.5. The predicted octanol–water partition coefficient (Wildman–Crippen LogP) is 9.16. The second-order valence-corrected chi connectivity index (χ2v) is 10.8. The molecule has 0 aliphatic heterocycles. The van der Waals surface area contributed by atoms with Gasteiger partial charge in [0, 0.05) is 40.4 Å². The Labute approximate surface area is 277 Å². The van der Waals surface area contributed by atoms with E-state index in [0.29, 0.717) is 46.9 Å². The van der Waals surface area contributed by atoms with Crippen molar-refractivity contribution in [1.82, 2.24) is 15.0 Å². The number of carbonyl (C=O) groups is 1. The lowest BCUT2D eigenvalue weighted by molar-refractivity contribution is 0.102. The molecule has 3 N–H and O–H groups in total. The minimum absolute atomic E-state index is 0.0565. The van der Waals surface area contributed by atoms with E-state index >= 15 is 4.39 Å². The molecular weight excluding hydrogens is 631 g/mol. The van der Waals surface area contributed by atoms with Crippen LogP contribution in [-0.2, 0) is 0 Å². The van der Waals surface area contributed by atoms with Crippen molar-refractivity contribution in [3.8, 4) is 23.0 Å². The van der Waals surface area contributed by atoms with Gasteiger partial charge in [0.2, 0.25) is 5.89 Å². The highest BCUT2D eigenvalue weighted by Crippen LogP contribution is 2.31. The molecule has 0 saturated carbocycles. The van der Waals surface area contributed by atoms with Gasteiger partial charge < -0.3 is 29.3 Å². The first-order valence-electron chi connectivity index (χ1n) is 15.0. The first kappa shape index (κ1) is 30.7. The van der Waals surface area contributed by atoms with Gasteiger partial charge in [-0.2, -0.15) is 0 Å². The van der Waals surface area contributed by atoms with Crippen molar-refractivity contribution in [1.29, 1.82) is 0 Å². The third-order valence-corrected chi connectivity index (χ3v) is 7.37. The molecule has 0 atom stereocenters. The number of anilines is 2. The summed E-state index contributed by atoms with van der Waals surface area (Å²) in [6.07, 6.45) is 8.52. The van der Waals surface area contributed by atoms with E-state index in [1.807, 2.05) is 30.3 Å². The van der Waals surface area contributed by atoms with Gasteiger partial charge >= 0.3 is 0 Å². The summed E-state index contributed by atoms with van der Waals surface area (Å²) < 4.78 is 32.1. The number of nitrogens with zero attached hydrogens (tertiary/aromatic N) is 4. The van der Waals surface area contributed by atoms with Crippen LogP contribution in [0.5, 0.6) is 11.5 Å². The van der Waals surface area contributed by atoms with Crippen molar-refractivity contribution in [3.05, 3.63) is 137 Å². The third-order valence-electron chi connectivity index (χ3n) is 7.37. The number of nitrogens with one attached hydrogen (secondary N) is 2. The molecule has 0 bridgehead atoms. The minimum Gasteiger partial charge on any atom is -0.512 e. The number of benzene rings is 3. The third kappa shape index (κ3) is 7.10. The number of amides is 1. The van der Waals surface area contributed by atoms with Crippen LogP contribution in [0.2, 0.25) is 0 Å². The quantitative estimate of drug-likeness (QED) is 0.121. The number of ether oxygens (including phenoxy) is 1. The number of rotatable bonds is 10. The molecule has 0 radical (unpaired) electrons. The Morgan fingerprint density at radius 2 is 1.76 bits per heavy atom. The summed E-state index contributed by atoms with van der Waals surface area (Å²) in [5, 5.41) is 18.8. The van der Waals surface area contributed by atoms with E-state index < -0.39 is 11.7 Å². The SMILES string of the molecule is O=Nc1ccc(/C=C/c2nc(NC3=CC=C(O)CC3)c3cc(NC(=O)c4coc(-c5ccc(Oc6ccccc6)cc5)n4)c(F)cc3n2)o1. The number of hydrogen-bond acceptors (Lipinski definition) is 11. The van der Waals surface area contributed by atoms with Gasteiger partial charge in [0.25, 0.3) is 11.8 Å². The molecule has 7 rings (SSSR count). The van der Waals surface area contributed by atoms with Gasteiger partial charge in [0.05, 0.1) is 17.0 Å². The van der Waals surface area contributed by atoms with Crippen LogP contribution in [0.25, 0.3) is 34.5 Å². The summed E-state index contributed by atoms with van der Waals surface area (Å²) in [6, 6.07) is 21.9. The van der Waals surface area contributed by atoms with Crippen molar-refractivity contribution in [2.24, 2.45) is 5.18 Å². The number of halogens is 1. The molecule has 0 saturated heterocycles. The maximum absolute atomic E-state index is 15.4. The first-order valence-corrected chi connectivity index (χ1v) is 15.0. The Kier molecular flexibility index (Phi) is 8.44. The van der Waals surface area contributed by atoms with Crippen LogP contribution in [0, 0.1) is 10.7 Å². The van der Waals surface area contributed by atoms with Crippen LogP contribution in [0.1, 0.15) is 34.9 Å². The number of allylic oxidation sites excluding steroid dienone is 4. The lowest BCUT2D eigenvalue weighted by atomic mass is 10.1. The highest BCUT2D eigenvalue weighted by Gasteiger charge is 2.19. The summed E-state index contributed by atoms with van der Waals surface area (Å²) in [5.74, 6) is 1.14. The van der Waals surface area contributed by atoms with Crippen molar-refractivity contribution in [3.63, 3.8) is 0 Å². The largest absolute Gasteiger partial charge is 0.512 e. The molecule has 1 aliphatic rings. The zero-order chi connectivity index (χ0) is 33.7. The van der Waals surface area contributed by atoms with E-state index in [1.54, 1.807) is 54.6 Å². The molecule has 0 unspecified atom stereocenters. The molecule has 3 heterocycles. The smallest absolute Gasteiger partial charge is 0.277 e. The number of para-hydroxylation sites is 1. The molecule has 6 aromatic rings. The van der Waals surface area contributed by atoms with Gasteiger partial charge in [0.1, 0.15) is 35.2 Å². The van der Waals surface area contributed by atoms with E-state index in [2.05, 4.69) is 30.8 Å². The fourth-order valence-electron chi connectivity index (χ4n) is 4.94. The molecule has 1 amide bonds. The Morgan fingerprint density at radius 3 is 2.51 bits per heavy atom. The van der Waals surface area contributed by atoms with E-state index in [0.717, 1.165) is 5.70 Å². The van der Waals surface area contributed by atoms with Gasteiger partial charge in [-0.1, -0.05) is 18.2 Å². The van der Waals surface area contributed by atoms with Crippen LogP contribution in [0.3, 0.4) is 0 Å². The number of hydrogen-bond donors (Lipinski definition) is 3. The van der Waals surface area contributed by atoms with Crippen LogP contribution in [0.15, 0.2) is 123 Å². The minimum atomic E-state index is -0.740. The maximum atomic E-state index is 15.4. The number of furan rings is 1. The van der Waals surface area contributed by atoms with Gasteiger partial charge in [-0.15, -0.1) is 4.91 Å². The van der Waals surface area contributed by atoms with Gasteiger partial charge in [-0.05, 0) is 79.3 Å². The Morgan fingerprint density at radius 1 is 0.939 bits per heavy atom. The molecule has 3 aromatic carbocycles. The van der Waals surface area contributed by atoms with E-state index in [4.69, 9.17) is 13.6 Å². The molecule has 12 nitrogen and oxygen atoms in total. The molecule has 13 heteroatoms. The zero-order valence-electron chi connectivity index (χ0n) is 25.5. The van der Waals surface area contributed by atoms with Gasteiger partial charge in [0.15, 0.2) is 11.5 Å². The molecule has 0 spiro atoms. The number of aliphatic hydroxyl groups is 1. The highest BCUT2D eigenvalue weighted by molar-refractivity contribution is 6.04. The summed E-state index contributed by atoms with van der Waals surface area (Å²) in [5.41, 5.74) is 1.44. The van der Waals surface area contributed by atoms with Crippen molar-refractivity contribution in [2.75, 3.05) is 10.6 Å². The van der Waals surface area contributed by atoms with Gasteiger partial charge in [-0.3, -0.25) is 4.79 Å². The number of fused-ring (bicyclic) bond motifs is 1. The van der Waals surface area contributed by atoms with Crippen LogP contribution in [-0.4, -0.2) is 26.0 Å². The monoisotopic (exact) mass is 656 g/mol. The molecule has 242 valence electrons. The standard InChI is InChI=1S/C36H25FN6O6/c37-28-19-29-27(34(38-22-8-10-23(44)11-9-22)42-32(39-29)16-14-26-15-17-33(43-46)49-26)18-30(28)40-35(45)31-20-47-36(41-31)21-6-12-25(13-7-21)48-24-4-2-1-3-5-24/h1-8,10,12-20,44H,9,11H2,(H,40,45)(H,38,39,42)/b16-14+. The molecule has 0 fully saturated rings. The number of carbonyl (C=O) groups excluding carboxylic acids is 1. The predicted molar refractivity (Wildman–Crippen MR) is 181 cm³/mol. The molecule has 3 aromatic heterocycles. The van der Waals surface area contributed by atoms with Crippen molar-refractivity contribution >= 4 is 46.4 Å². The topological polar surface area (TPSA) is 165 Å².